The first kappa shape index (κ1) is 21.1. The van der Waals surface area contributed by atoms with E-state index in [0.717, 1.165) is 12.8 Å². The SMILES string of the molecule is CCNC(=NCC1(c2ccccc2F)CC1)NCCS(N)(=O)=O.I. The predicted octanol–water partition coefficient (Wildman–Crippen LogP) is 1.32. The fourth-order valence-corrected chi connectivity index (χ4v) is 2.83. The van der Waals surface area contributed by atoms with Crippen molar-refractivity contribution in [2.75, 3.05) is 25.4 Å². The molecule has 2 rings (SSSR count). The van der Waals surface area contributed by atoms with Gasteiger partial charge in [-0.25, -0.2) is 17.9 Å². The summed E-state index contributed by atoms with van der Waals surface area (Å²) in [6.45, 7) is 3.20. The van der Waals surface area contributed by atoms with E-state index >= 15 is 0 Å². The van der Waals surface area contributed by atoms with Crippen LogP contribution in [0.5, 0.6) is 0 Å². The maximum atomic E-state index is 14.0. The Labute approximate surface area is 159 Å². The third-order valence-electron chi connectivity index (χ3n) is 3.86. The summed E-state index contributed by atoms with van der Waals surface area (Å²) in [5, 5.41) is 10.9. The Morgan fingerprint density at radius 1 is 1.33 bits per heavy atom. The monoisotopic (exact) mass is 470 g/mol. The van der Waals surface area contributed by atoms with Gasteiger partial charge in [0.25, 0.3) is 0 Å². The van der Waals surface area contributed by atoms with Gasteiger partial charge in [0.15, 0.2) is 5.96 Å². The highest BCUT2D eigenvalue weighted by molar-refractivity contribution is 14.0. The van der Waals surface area contributed by atoms with Gasteiger partial charge >= 0.3 is 0 Å². The van der Waals surface area contributed by atoms with Crippen molar-refractivity contribution in [1.82, 2.24) is 10.6 Å². The lowest BCUT2D eigenvalue weighted by molar-refractivity contribution is 0.572. The normalized spacial score (nSPS) is 16.2. The molecule has 1 aromatic carbocycles. The molecule has 0 aromatic heterocycles. The molecule has 9 heteroatoms. The van der Waals surface area contributed by atoms with Crippen LogP contribution in [0.1, 0.15) is 25.3 Å². The van der Waals surface area contributed by atoms with Crippen LogP contribution in [0.4, 0.5) is 4.39 Å². The molecule has 0 radical (unpaired) electrons. The number of primary sulfonamides is 1. The maximum absolute atomic E-state index is 14.0. The van der Waals surface area contributed by atoms with Crippen LogP contribution in [0, 0.1) is 5.82 Å². The van der Waals surface area contributed by atoms with Gasteiger partial charge in [0.2, 0.25) is 10.0 Å². The van der Waals surface area contributed by atoms with Crippen LogP contribution >= 0.6 is 24.0 Å². The smallest absolute Gasteiger partial charge is 0.210 e. The number of halogens is 2. The molecule has 0 atom stereocenters. The molecule has 1 aromatic rings. The fourth-order valence-electron chi connectivity index (χ4n) is 2.44. The van der Waals surface area contributed by atoms with Crippen molar-refractivity contribution in [1.29, 1.82) is 0 Å². The Balaban J connectivity index is 0.00000288. The summed E-state index contributed by atoms with van der Waals surface area (Å²) in [5.74, 6) is 0.140. The summed E-state index contributed by atoms with van der Waals surface area (Å²) in [4.78, 5) is 4.48. The summed E-state index contributed by atoms with van der Waals surface area (Å²) in [7, 11) is -3.51. The van der Waals surface area contributed by atoms with Crippen LogP contribution in [0.15, 0.2) is 29.3 Å². The van der Waals surface area contributed by atoms with Gasteiger partial charge in [0, 0.05) is 18.5 Å². The second-order valence-corrected chi connectivity index (χ2v) is 7.48. The van der Waals surface area contributed by atoms with Crippen molar-refractivity contribution >= 4 is 40.0 Å². The second kappa shape index (κ2) is 8.95. The summed E-state index contributed by atoms with van der Waals surface area (Å²) >= 11 is 0. The molecule has 0 amide bonds. The van der Waals surface area contributed by atoms with E-state index in [4.69, 9.17) is 5.14 Å². The third-order valence-corrected chi connectivity index (χ3v) is 4.64. The number of aliphatic imine (C=N–C) groups is 1. The molecule has 0 bridgehead atoms. The van der Waals surface area contributed by atoms with E-state index in [9.17, 15) is 12.8 Å². The largest absolute Gasteiger partial charge is 0.357 e. The minimum Gasteiger partial charge on any atom is -0.357 e. The summed E-state index contributed by atoms with van der Waals surface area (Å²) < 4.78 is 35.9. The van der Waals surface area contributed by atoms with E-state index in [2.05, 4.69) is 15.6 Å². The number of hydrogen-bond donors (Lipinski definition) is 3. The number of nitrogens with zero attached hydrogens (tertiary/aromatic N) is 1. The van der Waals surface area contributed by atoms with Crippen molar-refractivity contribution in [3.63, 3.8) is 0 Å². The van der Waals surface area contributed by atoms with E-state index in [1.165, 1.54) is 6.07 Å². The van der Waals surface area contributed by atoms with Crippen LogP contribution < -0.4 is 15.8 Å². The van der Waals surface area contributed by atoms with Crippen molar-refractivity contribution in [3.8, 4) is 0 Å². The molecule has 136 valence electrons. The molecular weight excluding hydrogens is 446 g/mol. The number of hydrogen-bond acceptors (Lipinski definition) is 3. The van der Waals surface area contributed by atoms with Crippen molar-refractivity contribution in [2.24, 2.45) is 10.1 Å². The van der Waals surface area contributed by atoms with Gasteiger partial charge in [-0.2, -0.15) is 0 Å². The minimum atomic E-state index is -3.51. The average molecular weight is 470 g/mol. The van der Waals surface area contributed by atoms with E-state index in [0.29, 0.717) is 24.6 Å². The second-order valence-electron chi connectivity index (χ2n) is 5.75. The molecule has 0 heterocycles. The first-order valence-corrected chi connectivity index (χ1v) is 9.35. The third kappa shape index (κ3) is 6.17. The Kier molecular flexibility index (Phi) is 7.87. The molecule has 0 aliphatic heterocycles. The highest BCUT2D eigenvalue weighted by atomic mass is 127. The molecule has 0 saturated heterocycles. The Morgan fingerprint density at radius 3 is 2.54 bits per heavy atom. The number of sulfonamides is 1. The zero-order chi connectivity index (χ0) is 16.9. The van der Waals surface area contributed by atoms with Crippen LogP contribution in [-0.2, 0) is 15.4 Å². The van der Waals surface area contributed by atoms with Crippen LogP contribution in [0.2, 0.25) is 0 Å². The molecule has 0 spiro atoms. The quantitative estimate of drug-likeness (QED) is 0.318. The first-order valence-electron chi connectivity index (χ1n) is 7.64. The average Bonchev–Trinajstić information content (AvgIpc) is 3.25. The predicted molar refractivity (Wildman–Crippen MR) is 105 cm³/mol. The van der Waals surface area contributed by atoms with Gasteiger partial charge in [-0.3, -0.25) is 4.99 Å². The van der Waals surface area contributed by atoms with Crippen LogP contribution in [0.3, 0.4) is 0 Å². The van der Waals surface area contributed by atoms with Crippen LogP contribution in [-0.4, -0.2) is 39.8 Å². The first-order chi connectivity index (χ1) is 10.9. The number of nitrogens with one attached hydrogen (secondary N) is 2. The van der Waals surface area contributed by atoms with Gasteiger partial charge in [-0.1, -0.05) is 18.2 Å². The lowest BCUT2D eigenvalue weighted by atomic mass is 9.95. The summed E-state index contributed by atoms with van der Waals surface area (Å²) in [6, 6.07) is 6.78. The van der Waals surface area contributed by atoms with E-state index in [1.54, 1.807) is 12.1 Å². The molecule has 1 saturated carbocycles. The Morgan fingerprint density at radius 2 is 2.00 bits per heavy atom. The van der Waals surface area contributed by atoms with Crippen molar-refractivity contribution < 1.29 is 12.8 Å². The number of guanidine groups is 1. The minimum absolute atomic E-state index is 0. The molecular formula is C15H24FIN4O2S. The molecule has 24 heavy (non-hydrogen) atoms. The zero-order valence-electron chi connectivity index (χ0n) is 13.6. The topological polar surface area (TPSA) is 96.6 Å². The fraction of sp³-hybridized carbons (Fsp3) is 0.533. The van der Waals surface area contributed by atoms with E-state index in [1.807, 2.05) is 13.0 Å². The van der Waals surface area contributed by atoms with Gasteiger partial charge in [-0.15, -0.1) is 24.0 Å². The lowest BCUT2D eigenvalue weighted by Crippen LogP contribution is -2.40. The molecule has 4 N–H and O–H groups in total. The lowest BCUT2D eigenvalue weighted by Gasteiger charge is -2.16. The van der Waals surface area contributed by atoms with Crippen molar-refractivity contribution in [3.05, 3.63) is 35.6 Å². The van der Waals surface area contributed by atoms with E-state index < -0.39 is 10.0 Å². The molecule has 1 aliphatic carbocycles. The molecule has 1 aliphatic rings. The molecule has 6 nitrogen and oxygen atoms in total. The van der Waals surface area contributed by atoms with E-state index in [-0.39, 0.29) is 47.5 Å². The standard InChI is InChI=1S/C15H23FN4O2S.HI/c1-2-18-14(19-9-10-23(17,21)22)20-11-15(7-8-15)12-5-3-4-6-13(12)16;/h3-6H,2,7-11H2,1H3,(H2,17,21,22)(H2,18,19,20);1H. The van der Waals surface area contributed by atoms with Gasteiger partial charge in [0.05, 0.1) is 12.3 Å². The maximum Gasteiger partial charge on any atom is 0.210 e. The number of rotatable bonds is 7. The molecule has 1 fully saturated rings. The summed E-state index contributed by atoms with van der Waals surface area (Å²) in [5.41, 5.74) is 0.456. The molecule has 0 unspecified atom stereocenters. The van der Waals surface area contributed by atoms with Crippen molar-refractivity contribution in [2.45, 2.75) is 25.2 Å². The van der Waals surface area contributed by atoms with Gasteiger partial charge < -0.3 is 10.6 Å². The highest BCUT2D eigenvalue weighted by Crippen LogP contribution is 2.49. The Bertz CT molecular complexity index is 678. The Hall–Kier alpha value is -0.940. The number of benzene rings is 1. The van der Waals surface area contributed by atoms with Gasteiger partial charge in [0.1, 0.15) is 5.82 Å². The zero-order valence-corrected chi connectivity index (χ0v) is 16.7. The summed E-state index contributed by atoms with van der Waals surface area (Å²) in [6.07, 6.45) is 1.79. The van der Waals surface area contributed by atoms with Gasteiger partial charge in [-0.05, 0) is 31.4 Å². The highest BCUT2D eigenvalue weighted by Gasteiger charge is 2.45. The number of nitrogens with two attached hydrogens (primary N) is 1. The van der Waals surface area contributed by atoms with Crippen LogP contribution in [0.25, 0.3) is 0 Å².